The van der Waals surface area contributed by atoms with Crippen LogP contribution in [0.3, 0.4) is 0 Å². The van der Waals surface area contributed by atoms with Crippen LogP contribution in [0.4, 0.5) is 11.4 Å². The van der Waals surface area contributed by atoms with Gasteiger partial charge in [-0.25, -0.2) is 9.13 Å². The zero-order valence-electron chi connectivity index (χ0n) is 21.0. The summed E-state index contributed by atoms with van der Waals surface area (Å²) >= 11 is 12.5. The molecule has 0 aliphatic carbocycles. The van der Waals surface area contributed by atoms with Crippen molar-refractivity contribution >= 4 is 73.3 Å². The summed E-state index contributed by atoms with van der Waals surface area (Å²) in [5.74, 6) is 0. The van der Waals surface area contributed by atoms with Gasteiger partial charge in [-0.15, -0.1) is 0 Å². The quantitative estimate of drug-likeness (QED) is 0.217. The molecule has 204 valence electrons. The second-order valence-electron chi connectivity index (χ2n) is 7.58. The predicted octanol–water partition coefficient (Wildman–Crippen LogP) is 4.89. The summed E-state index contributed by atoms with van der Waals surface area (Å²) in [5, 5.41) is -0.155. The highest BCUT2D eigenvalue weighted by molar-refractivity contribution is 7.99. The molecular formula is C22H32N4O6P2S3. The first-order chi connectivity index (χ1) is 17.3. The van der Waals surface area contributed by atoms with E-state index in [0.29, 0.717) is 11.4 Å². The molecule has 0 aliphatic heterocycles. The minimum absolute atomic E-state index is 0.0192. The van der Waals surface area contributed by atoms with E-state index in [9.17, 15) is 28.7 Å². The van der Waals surface area contributed by atoms with Crippen LogP contribution in [0.15, 0.2) is 58.3 Å². The van der Waals surface area contributed by atoms with Crippen LogP contribution >= 0.6 is 51.7 Å². The van der Waals surface area contributed by atoms with Crippen molar-refractivity contribution in [3.8, 4) is 0 Å². The molecule has 0 aliphatic rings. The minimum atomic E-state index is -4.70. The van der Waals surface area contributed by atoms with Gasteiger partial charge >= 0.3 is 15.5 Å². The molecule has 0 atom stereocenters. The Bertz CT molecular complexity index is 1190. The summed E-state index contributed by atoms with van der Waals surface area (Å²) in [7, 11) is -9.39. The minimum Gasteiger partial charge on any atom is -0.317 e. The second-order valence-corrected chi connectivity index (χ2v) is 12.5. The average molecular weight is 607 g/mol. The van der Waals surface area contributed by atoms with Crippen molar-refractivity contribution in [3.63, 3.8) is 0 Å². The molecule has 0 saturated carbocycles. The van der Waals surface area contributed by atoms with Gasteiger partial charge in [0.15, 0.2) is 10.2 Å². The number of hydrogen-bond acceptors (Lipinski definition) is 5. The maximum Gasteiger partial charge on any atom is 0.431 e. The van der Waals surface area contributed by atoms with E-state index < -0.39 is 15.5 Å². The highest BCUT2D eigenvalue weighted by Gasteiger charge is 2.34. The van der Waals surface area contributed by atoms with E-state index in [1.165, 1.54) is 11.8 Å². The third kappa shape index (κ3) is 7.98. The van der Waals surface area contributed by atoms with Crippen LogP contribution in [-0.4, -0.2) is 65.3 Å². The Morgan fingerprint density at radius 1 is 0.703 bits per heavy atom. The lowest BCUT2D eigenvalue weighted by molar-refractivity contribution is 0.317. The third-order valence-electron chi connectivity index (χ3n) is 5.27. The highest BCUT2D eigenvalue weighted by atomic mass is 32.2. The SMILES string of the molecule is CCN(C(=S)N(CC)P(=O)(O)O)c1ccc(Sc2ccccc2)cc1N(CC)C(=S)N(CC)P(=O)(O)O. The molecule has 0 amide bonds. The van der Waals surface area contributed by atoms with Gasteiger partial charge < -0.3 is 29.4 Å². The van der Waals surface area contributed by atoms with Gasteiger partial charge in [-0.2, -0.15) is 0 Å². The lowest BCUT2D eigenvalue weighted by atomic mass is 10.2. The molecule has 0 fully saturated rings. The van der Waals surface area contributed by atoms with Crippen molar-refractivity contribution in [2.45, 2.75) is 37.5 Å². The van der Waals surface area contributed by atoms with E-state index >= 15 is 0 Å². The van der Waals surface area contributed by atoms with Crippen LogP contribution in [0.25, 0.3) is 0 Å². The summed E-state index contributed by atoms with van der Waals surface area (Å²) in [5.41, 5.74) is 0.981. The van der Waals surface area contributed by atoms with Gasteiger partial charge in [0.2, 0.25) is 0 Å². The van der Waals surface area contributed by atoms with Gasteiger partial charge in [-0.1, -0.05) is 30.0 Å². The number of rotatable bonds is 10. The highest BCUT2D eigenvalue weighted by Crippen LogP contribution is 2.45. The molecule has 10 nitrogen and oxygen atoms in total. The van der Waals surface area contributed by atoms with Crippen LogP contribution in [0, 0.1) is 0 Å². The van der Waals surface area contributed by atoms with Gasteiger partial charge in [0.25, 0.3) is 0 Å². The van der Waals surface area contributed by atoms with Crippen LogP contribution in [0.2, 0.25) is 0 Å². The van der Waals surface area contributed by atoms with Crippen LogP contribution in [0.5, 0.6) is 0 Å². The number of benzene rings is 2. The molecule has 0 radical (unpaired) electrons. The number of thiocarbonyl (C=S) groups is 2. The number of nitrogens with zero attached hydrogens (tertiary/aromatic N) is 4. The number of hydrogen-bond donors (Lipinski definition) is 4. The molecule has 2 aromatic carbocycles. The van der Waals surface area contributed by atoms with Crippen molar-refractivity contribution in [2.75, 3.05) is 36.0 Å². The van der Waals surface area contributed by atoms with Gasteiger partial charge in [0.05, 0.1) is 11.4 Å². The molecule has 2 rings (SSSR count). The Labute approximate surface area is 232 Å². The summed E-state index contributed by atoms with van der Waals surface area (Å²) in [6.45, 7) is 7.26. The van der Waals surface area contributed by atoms with Crippen molar-refractivity contribution in [1.29, 1.82) is 0 Å². The summed E-state index contributed by atoms with van der Waals surface area (Å²) in [6, 6.07) is 15.1. The normalized spacial score (nSPS) is 11.7. The van der Waals surface area contributed by atoms with E-state index in [1.807, 2.05) is 42.5 Å². The summed E-state index contributed by atoms with van der Waals surface area (Å²) in [6.07, 6.45) is 0. The monoisotopic (exact) mass is 606 g/mol. The molecule has 0 aromatic heterocycles. The summed E-state index contributed by atoms with van der Waals surface area (Å²) < 4.78 is 26.0. The lowest BCUT2D eigenvalue weighted by Gasteiger charge is -2.37. The standard InChI is InChI=1S/C22H32N4O6P2S3/c1-5-23(21(35)25(7-3)33(27,28)29)19-15-14-18(37-17-12-10-9-11-13-17)16-20(19)24(6-2)22(36)26(8-4)34(30,31)32/h9-16H,5-8H2,1-4H3,(H2,27,28,29)(H2,30,31,32). The molecule has 0 heterocycles. The van der Waals surface area contributed by atoms with Crippen molar-refractivity contribution in [3.05, 3.63) is 48.5 Å². The Morgan fingerprint density at radius 2 is 1.16 bits per heavy atom. The molecule has 0 unspecified atom stereocenters. The molecule has 0 spiro atoms. The van der Waals surface area contributed by atoms with Crippen LogP contribution in [0.1, 0.15) is 27.7 Å². The zero-order chi connectivity index (χ0) is 28.0. The topological polar surface area (TPSA) is 128 Å². The van der Waals surface area contributed by atoms with E-state index in [1.54, 1.807) is 43.6 Å². The van der Waals surface area contributed by atoms with Crippen LogP contribution < -0.4 is 9.80 Å². The van der Waals surface area contributed by atoms with Crippen molar-refractivity contribution < 1.29 is 28.7 Å². The van der Waals surface area contributed by atoms with Gasteiger partial charge in [0, 0.05) is 36.0 Å². The fourth-order valence-electron chi connectivity index (χ4n) is 3.59. The summed E-state index contributed by atoms with van der Waals surface area (Å²) in [4.78, 5) is 44.4. The molecule has 2 aromatic rings. The van der Waals surface area contributed by atoms with Gasteiger partial charge in [-0.05, 0) is 82.5 Å². The Hall–Kier alpha value is -1.53. The smallest absolute Gasteiger partial charge is 0.317 e. The molecule has 0 bridgehead atoms. The Kier molecular flexibility index (Phi) is 11.6. The first-order valence-corrected chi connectivity index (χ1v) is 16.2. The second kappa shape index (κ2) is 13.5. The van der Waals surface area contributed by atoms with Gasteiger partial charge in [0.1, 0.15) is 0 Å². The lowest BCUT2D eigenvalue weighted by Crippen LogP contribution is -2.44. The maximum absolute atomic E-state index is 12.2. The van der Waals surface area contributed by atoms with E-state index in [4.69, 9.17) is 24.4 Å². The Balaban J connectivity index is 2.71. The Morgan fingerprint density at radius 3 is 1.57 bits per heavy atom. The van der Waals surface area contributed by atoms with E-state index in [-0.39, 0.29) is 36.4 Å². The largest absolute Gasteiger partial charge is 0.431 e. The van der Waals surface area contributed by atoms with Crippen molar-refractivity contribution in [1.82, 2.24) is 9.34 Å². The molecule has 0 saturated heterocycles. The average Bonchev–Trinajstić information content (AvgIpc) is 2.81. The molecular weight excluding hydrogens is 574 g/mol. The third-order valence-corrected chi connectivity index (χ3v) is 9.62. The zero-order valence-corrected chi connectivity index (χ0v) is 25.2. The molecule has 15 heteroatoms. The van der Waals surface area contributed by atoms with Crippen molar-refractivity contribution in [2.24, 2.45) is 0 Å². The first-order valence-electron chi connectivity index (χ1n) is 11.5. The molecule has 4 N–H and O–H groups in total. The van der Waals surface area contributed by atoms with E-state index in [0.717, 1.165) is 19.1 Å². The van der Waals surface area contributed by atoms with Gasteiger partial charge in [-0.3, -0.25) is 9.34 Å². The maximum atomic E-state index is 12.2. The fraction of sp³-hybridized carbons (Fsp3) is 0.364. The van der Waals surface area contributed by atoms with Crippen LogP contribution in [-0.2, 0) is 9.13 Å². The first kappa shape index (κ1) is 31.7. The van der Waals surface area contributed by atoms with E-state index in [2.05, 4.69) is 0 Å². The fourth-order valence-corrected chi connectivity index (χ4v) is 7.22. The molecule has 37 heavy (non-hydrogen) atoms. The number of anilines is 2. The predicted molar refractivity (Wildman–Crippen MR) is 157 cm³/mol.